The van der Waals surface area contributed by atoms with Crippen LogP contribution in [0.15, 0.2) is 30.6 Å². The number of morpholine rings is 1. The maximum absolute atomic E-state index is 5.64. The number of nitrogens with zero attached hydrogens (tertiary/aromatic N) is 3. The molecule has 170 valence electrons. The molecule has 5 rings (SSSR count). The molecule has 3 heterocycles. The van der Waals surface area contributed by atoms with E-state index in [2.05, 4.69) is 65.2 Å². The lowest BCUT2D eigenvalue weighted by Gasteiger charge is -2.35. The molecule has 0 amide bonds. The van der Waals surface area contributed by atoms with Crippen molar-refractivity contribution < 1.29 is 4.74 Å². The van der Waals surface area contributed by atoms with Gasteiger partial charge in [-0.25, -0.2) is 9.97 Å². The predicted molar refractivity (Wildman–Crippen MR) is 133 cm³/mol. The number of anilines is 1. The number of fused-ring (bicyclic) bond motifs is 3. The van der Waals surface area contributed by atoms with E-state index in [4.69, 9.17) is 4.74 Å². The van der Waals surface area contributed by atoms with E-state index in [0.717, 1.165) is 49.9 Å². The largest absolute Gasteiger partial charge is 0.379 e. The summed E-state index contributed by atoms with van der Waals surface area (Å²) in [5, 5.41) is 5.00. The lowest BCUT2D eigenvalue weighted by Crippen LogP contribution is -2.41. The van der Waals surface area contributed by atoms with Gasteiger partial charge in [0.05, 0.1) is 24.6 Å². The maximum atomic E-state index is 5.64. The highest BCUT2D eigenvalue weighted by atomic mass is 32.1. The van der Waals surface area contributed by atoms with E-state index in [1.807, 2.05) is 11.3 Å². The Labute approximate surface area is 195 Å². The molecule has 1 N–H and O–H groups in total. The molecular formula is C26H34N4OS. The second-order valence-electron chi connectivity index (χ2n) is 10.0. The van der Waals surface area contributed by atoms with Gasteiger partial charge >= 0.3 is 0 Å². The van der Waals surface area contributed by atoms with Crippen molar-refractivity contribution in [3.8, 4) is 0 Å². The number of benzene rings is 1. The number of hydrogen-bond acceptors (Lipinski definition) is 6. The molecule has 1 unspecified atom stereocenters. The fraction of sp³-hybridized carbons (Fsp3) is 0.538. The monoisotopic (exact) mass is 450 g/mol. The Kier molecular flexibility index (Phi) is 6.19. The summed E-state index contributed by atoms with van der Waals surface area (Å²) < 4.78 is 5.64. The van der Waals surface area contributed by atoms with Crippen molar-refractivity contribution in [3.63, 3.8) is 0 Å². The first kappa shape index (κ1) is 21.8. The Hall–Kier alpha value is -2.02. The van der Waals surface area contributed by atoms with Crippen LogP contribution in [0.25, 0.3) is 10.2 Å². The van der Waals surface area contributed by atoms with Crippen LogP contribution in [0.1, 0.15) is 61.2 Å². The normalized spacial score (nSPS) is 18.5. The zero-order valence-electron chi connectivity index (χ0n) is 19.5. The molecule has 0 spiro atoms. The lowest BCUT2D eigenvalue weighted by molar-refractivity contribution is 0.0187. The topological polar surface area (TPSA) is 50.3 Å². The van der Waals surface area contributed by atoms with Gasteiger partial charge in [0, 0.05) is 24.5 Å². The molecule has 1 aromatic carbocycles. The van der Waals surface area contributed by atoms with Crippen molar-refractivity contribution in [2.75, 3.05) is 38.2 Å². The van der Waals surface area contributed by atoms with Crippen molar-refractivity contribution in [2.45, 2.75) is 57.9 Å². The Morgan fingerprint density at radius 3 is 2.56 bits per heavy atom. The standard InChI is InChI=1S/C26H34N4OS/c1-26(2,3)19-10-8-18(9-11-19)21(30-12-14-31-15-13-30)16-27-24-23-20-6-4-5-7-22(20)32-25(23)29-17-28-24/h8-11,17,21H,4-7,12-16H2,1-3H3,(H,27,28,29). The molecule has 1 saturated heterocycles. The van der Waals surface area contributed by atoms with Gasteiger partial charge in [-0.05, 0) is 47.8 Å². The fourth-order valence-corrected chi connectivity index (χ4v) is 6.20. The van der Waals surface area contributed by atoms with Gasteiger partial charge in [-0.2, -0.15) is 0 Å². The van der Waals surface area contributed by atoms with E-state index in [1.165, 1.54) is 46.2 Å². The van der Waals surface area contributed by atoms with Crippen molar-refractivity contribution in [1.29, 1.82) is 0 Å². The second-order valence-corrected chi connectivity index (χ2v) is 11.1. The average molecular weight is 451 g/mol. The van der Waals surface area contributed by atoms with Crippen LogP contribution < -0.4 is 5.32 Å². The van der Waals surface area contributed by atoms with Crippen LogP contribution in [-0.4, -0.2) is 47.7 Å². The first-order chi connectivity index (χ1) is 15.5. The summed E-state index contributed by atoms with van der Waals surface area (Å²) in [4.78, 5) is 14.5. The number of rotatable bonds is 5. The van der Waals surface area contributed by atoms with Gasteiger partial charge in [0.15, 0.2) is 0 Å². The number of thiophene rings is 1. The molecule has 0 saturated carbocycles. The maximum Gasteiger partial charge on any atom is 0.138 e. The number of ether oxygens (including phenoxy) is 1. The van der Waals surface area contributed by atoms with E-state index in [-0.39, 0.29) is 11.5 Å². The summed E-state index contributed by atoms with van der Waals surface area (Å²) in [5.41, 5.74) is 4.37. The molecule has 5 nitrogen and oxygen atoms in total. The first-order valence-electron chi connectivity index (χ1n) is 11.9. The Bertz CT molecular complexity index is 1060. The van der Waals surface area contributed by atoms with Crippen LogP contribution in [0.4, 0.5) is 5.82 Å². The molecule has 1 atom stereocenters. The highest BCUT2D eigenvalue weighted by Gasteiger charge is 2.25. The summed E-state index contributed by atoms with van der Waals surface area (Å²) in [7, 11) is 0. The van der Waals surface area contributed by atoms with Gasteiger partial charge in [0.25, 0.3) is 0 Å². The summed E-state index contributed by atoms with van der Waals surface area (Å²) in [6, 6.07) is 9.49. The van der Waals surface area contributed by atoms with Crippen LogP contribution in [0.3, 0.4) is 0 Å². The van der Waals surface area contributed by atoms with Crippen LogP contribution >= 0.6 is 11.3 Å². The summed E-state index contributed by atoms with van der Waals surface area (Å²) >= 11 is 1.86. The van der Waals surface area contributed by atoms with Crippen LogP contribution in [0.2, 0.25) is 0 Å². The highest BCUT2D eigenvalue weighted by molar-refractivity contribution is 7.19. The lowest BCUT2D eigenvalue weighted by atomic mass is 9.86. The summed E-state index contributed by atoms with van der Waals surface area (Å²) in [6.07, 6.45) is 6.61. The average Bonchev–Trinajstić information content (AvgIpc) is 3.19. The van der Waals surface area contributed by atoms with Gasteiger partial charge in [0.1, 0.15) is 17.0 Å². The molecule has 0 radical (unpaired) electrons. The minimum atomic E-state index is 0.163. The molecule has 1 aliphatic carbocycles. The SMILES string of the molecule is CC(C)(C)c1ccc(C(CNc2ncnc3sc4c(c23)CCCC4)N2CCOCC2)cc1. The number of aryl methyl sites for hydroxylation is 2. The third-order valence-corrected chi connectivity index (χ3v) is 8.06. The third kappa shape index (κ3) is 4.41. The van der Waals surface area contributed by atoms with Crippen molar-refractivity contribution in [1.82, 2.24) is 14.9 Å². The van der Waals surface area contributed by atoms with E-state index in [1.54, 1.807) is 6.33 Å². The number of hydrogen-bond donors (Lipinski definition) is 1. The van der Waals surface area contributed by atoms with Crippen LogP contribution in [0.5, 0.6) is 0 Å². The molecule has 3 aromatic rings. The molecule has 6 heteroatoms. The van der Waals surface area contributed by atoms with Crippen molar-refractivity contribution in [2.24, 2.45) is 0 Å². The van der Waals surface area contributed by atoms with Gasteiger partial charge in [0.2, 0.25) is 0 Å². The number of aromatic nitrogens is 2. The summed E-state index contributed by atoms with van der Waals surface area (Å²) in [6.45, 7) is 11.1. The fourth-order valence-electron chi connectivity index (χ4n) is 4.97. The van der Waals surface area contributed by atoms with Gasteiger partial charge in [-0.15, -0.1) is 11.3 Å². The summed E-state index contributed by atoms with van der Waals surface area (Å²) in [5.74, 6) is 0.999. The zero-order chi connectivity index (χ0) is 22.1. The Morgan fingerprint density at radius 1 is 1.06 bits per heavy atom. The quantitative estimate of drug-likeness (QED) is 0.568. The molecule has 2 aromatic heterocycles. The smallest absolute Gasteiger partial charge is 0.138 e. The van der Waals surface area contributed by atoms with E-state index in [9.17, 15) is 0 Å². The molecule has 2 aliphatic rings. The van der Waals surface area contributed by atoms with Gasteiger partial charge in [-0.1, -0.05) is 45.0 Å². The molecule has 0 bridgehead atoms. The molecule has 1 fully saturated rings. The minimum Gasteiger partial charge on any atom is -0.379 e. The predicted octanol–water partition coefficient (Wildman–Crippen LogP) is 5.35. The Balaban J connectivity index is 1.43. The van der Waals surface area contributed by atoms with Gasteiger partial charge < -0.3 is 10.1 Å². The highest BCUT2D eigenvalue weighted by Crippen LogP contribution is 2.38. The molecule has 32 heavy (non-hydrogen) atoms. The van der Waals surface area contributed by atoms with Crippen LogP contribution in [0, 0.1) is 0 Å². The Morgan fingerprint density at radius 2 is 1.81 bits per heavy atom. The van der Waals surface area contributed by atoms with Crippen LogP contribution in [-0.2, 0) is 23.0 Å². The van der Waals surface area contributed by atoms with E-state index < -0.39 is 0 Å². The number of nitrogens with one attached hydrogen (secondary N) is 1. The van der Waals surface area contributed by atoms with Crippen molar-refractivity contribution >= 4 is 27.4 Å². The van der Waals surface area contributed by atoms with Crippen molar-refractivity contribution in [3.05, 3.63) is 52.2 Å². The zero-order valence-corrected chi connectivity index (χ0v) is 20.3. The third-order valence-electron chi connectivity index (χ3n) is 6.86. The van der Waals surface area contributed by atoms with Gasteiger partial charge in [-0.3, -0.25) is 4.90 Å². The molecule has 1 aliphatic heterocycles. The van der Waals surface area contributed by atoms with E-state index in [0.29, 0.717) is 0 Å². The molecular weight excluding hydrogens is 416 g/mol. The minimum absolute atomic E-state index is 0.163. The first-order valence-corrected chi connectivity index (χ1v) is 12.7. The van der Waals surface area contributed by atoms with E-state index >= 15 is 0 Å². The second kappa shape index (κ2) is 9.08.